The fourth-order valence-electron chi connectivity index (χ4n) is 2.76. The second-order valence-corrected chi connectivity index (χ2v) is 5.38. The van der Waals surface area contributed by atoms with E-state index in [-0.39, 0.29) is 24.1 Å². The molecule has 4 nitrogen and oxygen atoms in total. The number of rotatable bonds is 1. The van der Waals surface area contributed by atoms with Crippen LogP contribution in [0, 0.1) is 12.7 Å². The molecule has 104 valence electrons. The van der Waals surface area contributed by atoms with Crippen LogP contribution < -0.4 is 5.32 Å². The number of nitrogens with one attached hydrogen (secondary N) is 1. The second kappa shape index (κ2) is 4.59. The molecule has 6 heteroatoms. The quantitative estimate of drug-likeness (QED) is 0.878. The van der Waals surface area contributed by atoms with Crippen LogP contribution in [0.3, 0.4) is 0 Å². The van der Waals surface area contributed by atoms with Crippen LogP contribution in [0.5, 0.6) is 0 Å². The molecule has 20 heavy (non-hydrogen) atoms. The van der Waals surface area contributed by atoms with E-state index in [4.69, 9.17) is 11.6 Å². The fourth-order valence-corrected chi connectivity index (χ4v) is 2.94. The van der Waals surface area contributed by atoms with Gasteiger partial charge in [0.1, 0.15) is 11.6 Å². The summed E-state index contributed by atoms with van der Waals surface area (Å²) >= 11 is 5.96. The predicted octanol–water partition coefficient (Wildman–Crippen LogP) is 3.00. The molecule has 1 N–H and O–H groups in total. The Morgan fingerprint density at radius 3 is 3.00 bits per heavy atom. The first-order valence-corrected chi connectivity index (χ1v) is 6.63. The highest BCUT2D eigenvalue weighted by Crippen LogP contribution is 2.40. The van der Waals surface area contributed by atoms with Gasteiger partial charge in [-0.05, 0) is 30.7 Å². The van der Waals surface area contributed by atoms with Gasteiger partial charge in [-0.2, -0.15) is 5.10 Å². The molecule has 1 aliphatic rings. The minimum Gasteiger partial charge on any atom is -0.311 e. The summed E-state index contributed by atoms with van der Waals surface area (Å²) in [7, 11) is 1.75. The molecule has 0 bridgehead atoms. The van der Waals surface area contributed by atoms with E-state index in [9.17, 15) is 9.18 Å². The van der Waals surface area contributed by atoms with Gasteiger partial charge in [0.05, 0.1) is 5.69 Å². The first kappa shape index (κ1) is 13.1. The van der Waals surface area contributed by atoms with E-state index in [0.717, 1.165) is 11.3 Å². The molecule has 2 aromatic rings. The molecular formula is C14H13ClFN3O. The summed E-state index contributed by atoms with van der Waals surface area (Å²) in [5.41, 5.74) is 2.07. The first-order valence-electron chi connectivity index (χ1n) is 6.25. The molecule has 0 saturated carbocycles. The van der Waals surface area contributed by atoms with Crippen LogP contribution >= 0.6 is 11.6 Å². The van der Waals surface area contributed by atoms with Gasteiger partial charge in [0.2, 0.25) is 5.91 Å². The third kappa shape index (κ3) is 1.98. The highest BCUT2D eigenvalue weighted by Gasteiger charge is 2.33. The van der Waals surface area contributed by atoms with Crippen molar-refractivity contribution in [2.45, 2.75) is 19.3 Å². The average Bonchev–Trinajstić information content (AvgIpc) is 2.67. The summed E-state index contributed by atoms with van der Waals surface area (Å²) in [4.78, 5) is 11.9. The molecular weight excluding hydrogens is 281 g/mol. The topological polar surface area (TPSA) is 46.9 Å². The highest BCUT2D eigenvalue weighted by molar-refractivity contribution is 6.30. The van der Waals surface area contributed by atoms with Gasteiger partial charge in [0, 0.05) is 30.0 Å². The Morgan fingerprint density at radius 2 is 2.25 bits per heavy atom. The molecule has 1 atom stereocenters. The van der Waals surface area contributed by atoms with Crippen molar-refractivity contribution in [3.8, 4) is 0 Å². The van der Waals surface area contributed by atoms with E-state index in [1.165, 1.54) is 12.1 Å². The molecule has 1 aliphatic heterocycles. The van der Waals surface area contributed by atoms with Crippen LogP contribution in [0.15, 0.2) is 18.2 Å². The lowest BCUT2D eigenvalue weighted by atomic mass is 9.85. The largest absolute Gasteiger partial charge is 0.311 e. The third-order valence-electron chi connectivity index (χ3n) is 3.60. The maximum atomic E-state index is 14.1. The average molecular weight is 294 g/mol. The van der Waals surface area contributed by atoms with Gasteiger partial charge in [-0.3, -0.25) is 9.48 Å². The number of hydrogen-bond donors (Lipinski definition) is 1. The van der Waals surface area contributed by atoms with Crippen molar-refractivity contribution in [1.82, 2.24) is 9.78 Å². The number of amides is 1. The van der Waals surface area contributed by atoms with E-state index in [2.05, 4.69) is 10.4 Å². The van der Waals surface area contributed by atoms with Crippen LogP contribution in [0.2, 0.25) is 5.02 Å². The maximum absolute atomic E-state index is 14.1. The highest BCUT2D eigenvalue weighted by atomic mass is 35.5. The number of halogens is 2. The third-order valence-corrected chi connectivity index (χ3v) is 3.83. The summed E-state index contributed by atoms with van der Waals surface area (Å²) in [5.74, 6) is -0.234. The molecule has 3 rings (SSSR count). The van der Waals surface area contributed by atoms with Crippen molar-refractivity contribution >= 4 is 23.3 Å². The Labute approximate surface area is 120 Å². The van der Waals surface area contributed by atoms with E-state index in [1.54, 1.807) is 17.8 Å². The Balaban J connectivity index is 2.20. The summed E-state index contributed by atoms with van der Waals surface area (Å²) in [6, 6.07) is 4.41. The van der Waals surface area contributed by atoms with Crippen molar-refractivity contribution in [2.24, 2.45) is 7.05 Å². The van der Waals surface area contributed by atoms with Crippen LogP contribution in [-0.2, 0) is 11.8 Å². The normalized spacial score (nSPS) is 17.8. The van der Waals surface area contributed by atoms with Crippen molar-refractivity contribution in [3.05, 3.63) is 45.9 Å². The molecule has 0 aliphatic carbocycles. The number of anilines is 1. The van der Waals surface area contributed by atoms with Crippen molar-refractivity contribution in [3.63, 3.8) is 0 Å². The zero-order valence-electron chi connectivity index (χ0n) is 11.1. The lowest BCUT2D eigenvalue weighted by Crippen LogP contribution is -2.25. The summed E-state index contributed by atoms with van der Waals surface area (Å²) in [5, 5.41) is 7.54. The smallest absolute Gasteiger partial charge is 0.226 e. The number of carbonyl (C=O) groups is 1. The summed E-state index contributed by atoms with van der Waals surface area (Å²) < 4.78 is 15.7. The van der Waals surface area contributed by atoms with Crippen LogP contribution in [0.4, 0.5) is 10.2 Å². The number of aromatic nitrogens is 2. The van der Waals surface area contributed by atoms with Gasteiger partial charge in [0.25, 0.3) is 0 Å². The van der Waals surface area contributed by atoms with E-state index < -0.39 is 0 Å². The molecule has 2 heterocycles. The summed E-state index contributed by atoms with van der Waals surface area (Å²) in [6.07, 6.45) is 0.191. The van der Waals surface area contributed by atoms with Gasteiger partial charge < -0.3 is 5.32 Å². The maximum Gasteiger partial charge on any atom is 0.226 e. The van der Waals surface area contributed by atoms with Gasteiger partial charge in [0.15, 0.2) is 0 Å². The Hall–Kier alpha value is -1.88. The van der Waals surface area contributed by atoms with Crippen molar-refractivity contribution < 1.29 is 9.18 Å². The van der Waals surface area contributed by atoms with Gasteiger partial charge in [-0.25, -0.2) is 4.39 Å². The minimum atomic E-state index is -0.358. The number of benzene rings is 1. The first-order chi connectivity index (χ1) is 9.47. The number of hydrogen-bond acceptors (Lipinski definition) is 2. The second-order valence-electron chi connectivity index (χ2n) is 4.94. The molecule has 1 aromatic carbocycles. The number of nitrogens with zero attached hydrogens (tertiary/aromatic N) is 2. The lowest BCUT2D eigenvalue weighted by molar-refractivity contribution is -0.116. The molecule has 0 unspecified atom stereocenters. The minimum absolute atomic E-state index is 0.148. The number of aryl methyl sites for hydroxylation is 2. The van der Waals surface area contributed by atoms with Gasteiger partial charge >= 0.3 is 0 Å². The SMILES string of the molecule is Cc1nn(C)c2c1[C@H](c1cc(Cl)ccc1F)CC(=O)N2. The van der Waals surface area contributed by atoms with Crippen LogP contribution in [-0.4, -0.2) is 15.7 Å². The fraction of sp³-hybridized carbons (Fsp3) is 0.286. The number of fused-ring (bicyclic) bond motifs is 1. The lowest BCUT2D eigenvalue weighted by Gasteiger charge is -2.24. The monoisotopic (exact) mass is 293 g/mol. The molecule has 0 saturated heterocycles. The molecule has 1 aromatic heterocycles. The Morgan fingerprint density at radius 1 is 1.50 bits per heavy atom. The molecule has 0 radical (unpaired) electrons. The number of carbonyl (C=O) groups excluding carboxylic acids is 1. The van der Waals surface area contributed by atoms with Crippen LogP contribution in [0.1, 0.15) is 29.2 Å². The zero-order valence-corrected chi connectivity index (χ0v) is 11.8. The van der Waals surface area contributed by atoms with Crippen molar-refractivity contribution in [1.29, 1.82) is 0 Å². The molecule has 0 fully saturated rings. The summed E-state index contributed by atoms with van der Waals surface area (Å²) in [6.45, 7) is 1.85. The van der Waals surface area contributed by atoms with Crippen LogP contribution in [0.25, 0.3) is 0 Å². The zero-order chi connectivity index (χ0) is 14.4. The molecule has 1 amide bonds. The molecule has 0 spiro atoms. The van der Waals surface area contributed by atoms with E-state index in [0.29, 0.717) is 16.4 Å². The van der Waals surface area contributed by atoms with E-state index in [1.807, 2.05) is 6.92 Å². The van der Waals surface area contributed by atoms with E-state index >= 15 is 0 Å². The van der Waals surface area contributed by atoms with Crippen molar-refractivity contribution in [2.75, 3.05) is 5.32 Å². The predicted molar refractivity (Wildman–Crippen MR) is 74.4 cm³/mol. The van der Waals surface area contributed by atoms with Gasteiger partial charge in [-0.15, -0.1) is 0 Å². The standard InChI is InChI=1S/C14H13ClFN3O/c1-7-13-10(9-5-8(15)3-4-11(9)16)6-12(20)17-14(13)19(2)18-7/h3-5,10H,6H2,1-2H3,(H,17,20)/t10-/m0/s1. The Bertz CT molecular complexity index is 711. The Kier molecular flexibility index (Phi) is 3.01. The van der Waals surface area contributed by atoms with Gasteiger partial charge in [-0.1, -0.05) is 11.6 Å².